The molecule has 0 atom stereocenters. The number of nitrogens with zero attached hydrogens (tertiary/aromatic N) is 3. The van der Waals surface area contributed by atoms with Crippen LogP contribution < -0.4 is 10.6 Å². The second-order valence-corrected chi connectivity index (χ2v) is 5.84. The predicted octanol–water partition coefficient (Wildman–Crippen LogP) is 3.92. The van der Waals surface area contributed by atoms with Gasteiger partial charge in [0.2, 0.25) is 0 Å². The molecule has 0 aliphatic heterocycles. The topological polar surface area (TPSA) is 99.5 Å². The molecule has 0 saturated heterocycles. The number of hydrogen-bond donors (Lipinski definition) is 3. The van der Waals surface area contributed by atoms with Gasteiger partial charge in [-0.25, -0.2) is 9.97 Å². The maximum atomic E-state index is 12.2. The van der Waals surface area contributed by atoms with Crippen LogP contribution in [0.1, 0.15) is 37.6 Å². The number of ketones is 1. The molecule has 0 radical (unpaired) electrons. The summed E-state index contributed by atoms with van der Waals surface area (Å²) in [6.07, 6.45) is 5.30. The van der Waals surface area contributed by atoms with Crippen LogP contribution in [-0.2, 0) is 0 Å². The van der Waals surface area contributed by atoms with Gasteiger partial charge < -0.3 is 15.7 Å². The maximum Gasteiger partial charge on any atom is 0.172 e. The van der Waals surface area contributed by atoms with Gasteiger partial charge in [0.15, 0.2) is 17.4 Å². The molecule has 2 aromatic heterocycles. The van der Waals surface area contributed by atoms with Crippen LogP contribution in [0.15, 0.2) is 47.2 Å². The first-order chi connectivity index (χ1) is 12.4. The van der Waals surface area contributed by atoms with E-state index in [1.54, 1.807) is 32.3 Å². The Morgan fingerprint density at radius 1 is 1.35 bits per heavy atom. The number of nitrogens with one attached hydrogen (secondary N) is 2. The van der Waals surface area contributed by atoms with Gasteiger partial charge in [-0.1, -0.05) is 12.5 Å². The van der Waals surface area contributed by atoms with Crippen LogP contribution in [0.25, 0.3) is 0 Å². The first-order valence-electron chi connectivity index (χ1n) is 8.27. The highest BCUT2D eigenvalue weighted by molar-refractivity contribution is 6.05. The van der Waals surface area contributed by atoms with Gasteiger partial charge in [0.1, 0.15) is 11.7 Å². The summed E-state index contributed by atoms with van der Waals surface area (Å²) >= 11 is 0. The van der Waals surface area contributed by atoms with Crippen molar-refractivity contribution in [2.45, 2.75) is 27.2 Å². The second-order valence-electron chi connectivity index (χ2n) is 5.84. The van der Waals surface area contributed by atoms with E-state index in [-0.39, 0.29) is 17.4 Å². The van der Waals surface area contributed by atoms with E-state index in [1.165, 1.54) is 12.3 Å². The van der Waals surface area contributed by atoms with Crippen LogP contribution in [0.5, 0.6) is 5.75 Å². The Morgan fingerprint density at radius 3 is 2.73 bits per heavy atom. The minimum absolute atomic E-state index is 0.00549. The summed E-state index contributed by atoms with van der Waals surface area (Å²) in [5.41, 5.74) is 2.03. The number of aromatic nitrogens is 2. The lowest BCUT2D eigenvalue weighted by Gasteiger charge is -2.13. The normalized spacial score (nSPS) is 11.0. The number of hydrogen-bond acceptors (Lipinski definition) is 6. The minimum Gasteiger partial charge on any atom is -0.504 e. The van der Waals surface area contributed by atoms with Crippen LogP contribution in [0.4, 0.5) is 17.3 Å². The molecule has 0 aromatic carbocycles. The lowest BCUT2D eigenvalue weighted by Crippen LogP contribution is -2.12. The van der Waals surface area contributed by atoms with Crippen molar-refractivity contribution in [1.29, 1.82) is 0 Å². The van der Waals surface area contributed by atoms with Gasteiger partial charge in [-0.3, -0.25) is 9.79 Å². The highest BCUT2D eigenvalue weighted by Crippen LogP contribution is 2.27. The van der Waals surface area contributed by atoms with Gasteiger partial charge in [0, 0.05) is 31.9 Å². The van der Waals surface area contributed by atoms with Gasteiger partial charge in [-0.15, -0.1) is 0 Å². The number of carbonyl (C=O) groups excluding carboxylic acids is 1. The van der Waals surface area contributed by atoms with Gasteiger partial charge in [0.05, 0.1) is 11.3 Å². The largest absolute Gasteiger partial charge is 0.504 e. The van der Waals surface area contributed by atoms with E-state index in [9.17, 15) is 9.90 Å². The first-order valence-corrected chi connectivity index (χ1v) is 8.27. The Bertz CT molecular complexity index is 855. The van der Waals surface area contributed by atoms with Gasteiger partial charge >= 0.3 is 0 Å². The van der Waals surface area contributed by atoms with E-state index in [4.69, 9.17) is 0 Å². The number of anilines is 3. The van der Waals surface area contributed by atoms with E-state index in [2.05, 4.69) is 25.6 Å². The number of pyridine rings is 2. The van der Waals surface area contributed by atoms with E-state index in [0.717, 1.165) is 5.57 Å². The molecule has 136 valence electrons. The Labute approximate surface area is 152 Å². The SMILES string of the molecule is CCC(=O)c1cnc(NC(C=C(C)C)=NC)cc1Nc1ncccc1O. The third kappa shape index (κ3) is 4.89. The standard InChI is InChI=1S/C19H23N5O2/c1-5-15(25)13-11-22-18(24-17(20-4)9-12(2)3)10-14(13)23-19-16(26)7-6-8-21-19/h6-11,26H,5H2,1-4H3,(H2,20,21,22,23,24). The zero-order valence-corrected chi connectivity index (χ0v) is 15.4. The average Bonchev–Trinajstić information content (AvgIpc) is 2.62. The third-order valence-electron chi connectivity index (χ3n) is 3.49. The lowest BCUT2D eigenvalue weighted by molar-refractivity contribution is 0.0988. The zero-order chi connectivity index (χ0) is 19.1. The summed E-state index contributed by atoms with van der Waals surface area (Å²) < 4.78 is 0. The van der Waals surface area contributed by atoms with Gasteiger partial charge in [-0.2, -0.15) is 0 Å². The minimum atomic E-state index is -0.0596. The zero-order valence-electron chi connectivity index (χ0n) is 15.4. The molecule has 0 aliphatic carbocycles. The maximum absolute atomic E-state index is 12.2. The van der Waals surface area contributed by atoms with Crippen molar-refractivity contribution in [1.82, 2.24) is 9.97 Å². The number of Topliss-reactive ketones (excluding diaryl/α,β-unsaturated/α-hetero) is 1. The molecule has 0 aliphatic rings. The molecule has 7 nitrogen and oxygen atoms in total. The molecule has 26 heavy (non-hydrogen) atoms. The Balaban J connectivity index is 2.41. The fourth-order valence-corrected chi connectivity index (χ4v) is 2.22. The van der Waals surface area contributed by atoms with Gasteiger partial charge in [0.25, 0.3) is 0 Å². The van der Waals surface area contributed by atoms with E-state index in [0.29, 0.717) is 29.3 Å². The molecule has 2 heterocycles. The average molecular weight is 353 g/mol. The Morgan fingerprint density at radius 2 is 2.12 bits per heavy atom. The molecule has 0 amide bonds. The van der Waals surface area contributed by atoms with Crippen LogP contribution in [0, 0.1) is 0 Å². The molecule has 2 aromatic rings. The summed E-state index contributed by atoms with van der Waals surface area (Å²) in [5, 5.41) is 16.1. The number of allylic oxidation sites excluding steroid dienone is 1. The van der Waals surface area contributed by atoms with E-state index in [1.807, 2.05) is 19.9 Å². The smallest absolute Gasteiger partial charge is 0.172 e. The fraction of sp³-hybridized carbons (Fsp3) is 0.263. The molecule has 0 unspecified atom stereocenters. The highest BCUT2D eigenvalue weighted by atomic mass is 16.3. The van der Waals surface area contributed by atoms with Gasteiger partial charge in [-0.05, 0) is 32.1 Å². The molecule has 0 bridgehead atoms. The first kappa shape index (κ1) is 19.1. The number of carbonyl (C=O) groups is 1. The van der Waals surface area contributed by atoms with Crippen molar-refractivity contribution in [2.24, 2.45) is 4.99 Å². The fourth-order valence-electron chi connectivity index (χ4n) is 2.22. The Kier molecular flexibility index (Phi) is 6.43. The van der Waals surface area contributed by atoms with E-state index >= 15 is 0 Å². The third-order valence-corrected chi connectivity index (χ3v) is 3.49. The molecule has 2 rings (SSSR count). The summed E-state index contributed by atoms with van der Waals surface area (Å²) in [5.74, 6) is 1.38. The van der Waals surface area contributed by atoms with Crippen molar-refractivity contribution >= 4 is 28.9 Å². The molecule has 7 heteroatoms. The van der Waals surface area contributed by atoms with Crippen molar-refractivity contribution in [3.63, 3.8) is 0 Å². The number of amidine groups is 1. The summed E-state index contributed by atoms with van der Waals surface area (Å²) in [7, 11) is 1.68. The molecule has 0 spiro atoms. The molecular weight excluding hydrogens is 330 g/mol. The van der Waals surface area contributed by atoms with Crippen molar-refractivity contribution < 1.29 is 9.90 Å². The summed E-state index contributed by atoms with van der Waals surface area (Å²) in [6.45, 7) is 5.73. The molecule has 3 N–H and O–H groups in total. The monoisotopic (exact) mass is 353 g/mol. The molecular formula is C19H23N5O2. The number of aliphatic imine (C=N–C) groups is 1. The number of aromatic hydroxyl groups is 1. The van der Waals surface area contributed by atoms with Crippen LogP contribution in [-0.4, -0.2) is 33.7 Å². The van der Waals surface area contributed by atoms with E-state index < -0.39 is 0 Å². The van der Waals surface area contributed by atoms with Crippen molar-refractivity contribution in [2.75, 3.05) is 17.7 Å². The predicted molar refractivity (Wildman–Crippen MR) is 104 cm³/mol. The number of rotatable bonds is 6. The van der Waals surface area contributed by atoms with Crippen molar-refractivity contribution in [3.8, 4) is 5.75 Å². The molecule has 0 saturated carbocycles. The summed E-state index contributed by atoms with van der Waals surface area (Å²) in [6, 6.07) is 4.84. The van der Waals surface area contributed by atoms with Crippen LogP contribution >= 0.6 is 0 Å². The highest BCUT2D eigenvalue weighted by Gasteiger charge is 2.14. The second kappa shape index (κ2) is 8.75. The summed E-state index contributed by atoms with van der Waals surface area (Å²) in [4.78, 5) is 24.8. The quantitative estimate of drug-likeness (QED) is 0.413. The Hall–Kier alpha value is -3.22. The van der Waals surface area contributed by atoms with Crippen LogP contribution in [0.3, 0.4) is 0 Å². The van der Waals surface area contributed by atoms with Crippen molar-refractivity contribution in [3.05, 3.63) is 47.8 Å². The lowest BCUT2D eigenvalue weighted by atomic mass is 10.1. The van der Waals surface area contributed by atoms with Crippen LogP contribution in [0.2, 0.25) is 0 Å². The molecule has 0 fully saturated rings.